The van der Waals surface area contributed by atoms with Crippen LogP contribution in [0.25, 0.3) is 0 Å². The van der Waals surface area contributed by atoms with Crippen molar-refractivity contribution in [2.75, 3.05) is 0 Å². The first kappa shape index (κ1) is 10.2. The lowest BCUT2D eigenvalue weighted by molar-refractivity contribution is -0.0404. The predicted octanol–water partition coefficient (Wildman–Crippen LogP) is 3.46. The molecule has 1 unspecified atom stereocenters. The summed E-state index contributed by atoms with van der Waals surface area (Å²) in [5, 5.41) is 10.5. The molecule has 0 bridgehead atoms. The summed E-state index contributed by atoms with van der Waals surface area (Å²) in [5.74, 6) is 0.432. The highest BCUT2D eigenvalue weighted by Crippen LogP contribution is 2.43. The first-order valence-corrected chi connectivity index (χ1v) is 5.89. The van der Waals surface area contributed by atoms with Crippen LogP contribution in [-0.4, -0.2) is 5.11 Å². The Morgan fingerprint density at radius 1 is 1.36 bits per heavy atom. The molecule has 1 aliphatic rings. The van der Waals surface area contributed by atoms with E-state index in [1.807, 2.05) is 31.2 Å². The standard InChI is InChI=1S/C12H15BrO/c1-12(14,9-5-4-6-9)10-7-2-3-8-11(10)13/h2-3,7-9,14H,4-6H2,1H3. The Morgan fingerprint density at radius 2 is 2.00 bits per heavy atom. The van der Waals surface area contributed by atoms with E-state index in [4.69, 9.17) is 0 Å². The van der Waals surface area contributed by atoms with Gasteiger partial charge in [0, 0.05) is 4.47 Å². The summed E-state index contributed by atoms with van der Waals surface area (Å²) in [4.78, 5) is 0. The molecule has 0 amide bonds. The van der Waals surface area contributed by atoms with Crippen molar-refractivity contribution in [3.05, 3.63) is 34.3 Å². The number of halogens is 1. The van der Waals surface area contributed by atoms with Crippen LogP contribution < -0.4 is 0 Å². The number of hydrogen-bond acceptors (Lipinski definition) is 1. The average molecular weight is 255 g/mol. The van der Waals surface area contributed by atoms with Gasteiger partial charge < -0.3 is 5.11 Å². The van der Waals surface area contributed by atoms with Gasteiger partial charge in [0.2, 0.25) is 0 Å². The van der Waals surface area contributed by atoms with Crippen molar-refractivity contribution < 1.29 is 5.11 Å². The SMILES string of the molecule is CC(O)(c1ccccc1Br)C1CCC1. The average Bonchev–Trinajstić information content (AvgIpc) is 2.00. The monoisotopic (exact) mass is 254 g/mol. The lowest BCUT2D eigenvalue weighted by Gasteiger charge is -2.39. The van der Waals surface area contributed by atoms with E-state index in [0.717, 1.165) is 22.9 Å². The van der Waals surface area contributed by atoms with Crippen LogP contribution in [0.3, 0.4) is 0 Å². The predicted molar refractivity (Wildman–Crippen MR) is 61.1 cm³/mol. The van der Waals surface area contributed by atoms with Gasteiger partial charge in [0.05, 0.1) is 5.60 Å². The maximum Gasteiger partial charge on any atom is 0.0907 e. The molecule has 0 spiro atoms. The van der Waals surface area contributed by atoms with Gasteiger partial charge in [-0.05, 0) is 37.3 Å². The van der Waals surface area contributed by atoms with Gasteiger partial charge in [0.15, 0.2) is 0 Å². The molecule has 1 aliphatic carbocycles. The van der Waals surface area contributed by atoms with Gasteiger partial charge in [0.1, 0.15) is 0 Å². The van der Waals surface area contributed by atoms with E-state index >= 15 is 0 Å². The molecule has 1 nitrogen and oxygen atoms in total. The van der Waals surface area contributed by atoms with Crippen LogP contribution in [0.5, 0.6) is 0 Å². The number of aliphatic hydroxyl groups is 1. The van der Waals surface area contributed by atoms with E-state index in [2.05, 4.69) is 15.9 Å². The van der Waals surface area contributed by atoms with Crippen molar-refractivity contribution >= 4 is 15.9 Å². The van der Waals surface area contributed by atoms with Crippen LogP contribution in [0.15, 0.2) is 28.7 Å². The Kier molecular flexibility index (Phi) is 2.67. The van der Waals surface area contributed by atoms with Gasteiger partial charge in [-0.3, -0.25) is 0 Å². The van der Waals surface area contributed by atoms with Crippen LogP contribution in [0.2, 0.25) is 0 Å². The minimum Gasteiger partial charge on any atom is -0.385 e. The molecule has 1 atom stereocenters. The summed E-state index contributed by atoms with van der Waals surface area (Å²) in [6, 6.07) is 7.95. The molecule has 1 saturated carbocycles. The minimum absolute atomic E-state index is 0.432. The van der Waals surface area contributed by atoms with Crippen molar-refractivity contribution in [3.8, 4) is 0 Å². The molecular formula is C12H15BrO. The Labute approximate surface area is 93.3 Å². The smallest absolute Gasteiger partial charge is 0.0907 e. The zero-order valence-electron chi connectivity index (χ0n) is 8.33. The second kappa shape index (κ2) is 3.67. The fourth-order valence-corrected chi connectivity index (χ4v) is 2.75. The van der Waals surface area contributed by atoms with Crippen LogP contribution in [0.1, 0.15) is 31.7 Å². The van der Waals surface area contributed by atoms with Crippen molar-refractivity contribution in [1.29, 1.82) is 0 Å². The van der Waals surface area contributed by atoms with E-state index in [9.17, 15) is 5.11 Å². The summed E-state index contributed by atoms with van der Waals surface area (Å²) < 4.78 is 1.01. The molecule has 0 saturated heterocycles. The normalized spacial score (nSPS) is 21.4. The van der Waals surface area contributed by atoms with Crippen molar-refractivity contribution in [1.82, 2.24) is 0 Å². The molecule has 1 fully saturated rings. The number of benzene rings is 1. The molecule has 1 N–H and O–H groups in total. The summed E-state index contributed by atoms with van der Waals surface area (Å²) in [6.45, 7) is 1.93. The first-order valence-electron chi connectivity index (χ1n) is 5.10. The molecule has 0 radical (unpaired) electrons. The van der Waals surface area contributed by atoms with Gasteiger partial charge in [0.25, 0.3) is 0 Å². The van der Waals surface area contributed by atoms with Gasteiger partial charge in [-0.2, -0.15) is 0 Å². The highest BCUT2D eigenvalue weighted by molar-refractivity contribution is 9.10. The zero-order valence-corrected chi connectivity index (χ0v) is 9.92. The fourth-order valence-electron chi connectivity index (χ4n) is 2.06. The van der Waals surface area contributed by atoms with Crippen molar-refractivity contribution in [3.63, 3.8) is 0 Å². The van der Waals surface area contributed by atoms with Crippen LogP contribution in [0.4, 0.5) is 0 Å². The Hall–Kier alpha value is -0.340. The zero-order chi connectivity index (χ0) is 10.2. The minimum atomic E-state index is -0.668. The molecule has 1 aromatic rings. The number of rotatable bonds is 2. The van der Waals surface area contributed by atoms with Gasteiger partial charge in [-0.25, -0.2) is 0 Å². The van der Waals surface area contributed by atoms with Crippen molar-refractivity contribution in [2.24, 2.45) is 5.92 Å². The van der Waals surface area contributed by atoms with Gasteiger partial charge >= 0.3 is 0 Å². The second-order valence-electron chi connectivity index (χ2n) is 4.26. The molecular weight excluding hydrogens is 240 g/mol. The largest absolute Gasteiger partial charge is 0.385 e. The fraction of sp³-hybridized carbons (Fsp3) is 0.500. The molecule has 1 aromatic carbocycles. The maximum atomic E-state index is 10.5. The Morgan fingerprint density at radius 3 is 2.50 bits per heavy atom. The third-order valence-corrected chi connectivity index (χ3v) is 4.01. The summed E-state index contributed by atoms with van der Waals surface area (Å²) in [5.41, 5.74) is 0.350. The van der Waals surface area contributed by atoms with Crippen LogP contribution in [-0.2, 0) is 5.60 Å². The van der Waals surface area contributed by atoms with E-state index in [1.165, 1.54) is 6.42 Å². The van der Waals surface area contributed by atoms with Gasteiger partial charge in [-0.15, -0.1) is 0 Å². The van der Waals surface area contributed by atoms with Crippen LogP contribution >= 0.6 is 15.9 Å². The Balaban J connectivity index is 2.32. The molecule has 14 heavy (non-hydrogen) atoms. The topological polar surface area (TPSA) is 20.2 Å². The molecule has 0 aromatic heterocycles. The lowest BCUT2D eigenvalue weighted by Crippen LogP contribution is -2.36. The Bertz CT molecular complexity index is 329. The van der Waals surface area contributed by atoms with E-state index in [-0.39, 0.29) is 0 Å². The highest BCUT2D eigenvalue weighted by Gasteiger charge is 2.38. The first-order chi connectivity index (χ1) is 6.62. The van der Waals surface area contributed by atoms with Gasteiger partial charge in [-0.1, -0.05) is 40.5 Å². The maximum absolute atomic E-state index is 10.5. The second-order valence-corrected chi connectivity index (χ2v) is 5.11. The quantitative estimate of drug-likeness (QED) is 0.858. The molecule has 2 rings (SSSR count). The lowest BCUT2D eigenvalue weighted by atomic mass is 9.71. The summed E-state index contributed by atoms with van der Waals surface area (Å²) in [6.07, 6.45) is 3.55. The third-order valence-electron chi connectivity index (χ3n) is 3.32. The summed E-state index contributed by atoms with van der Waals surface area (Å²) >= 11 is 3.49. The van der Waals surface area contributed by atoms with E-state index in [0.29, 0.717) is 5.92 Å². The molecule has 0 aliphatic heterocycles. The molecule has 0 heterocycles. The van der Waals surface area contributed by atoms with Crippen molar-refractivity contribution in [2.45, 2.75) is 31.8 Å². The van der Waals surface area contributed by atoms with E-state index in [1.54, 1.807) is 0 Å². The number of hydrogen-bond donors (Lipinski definition) is 1. The molecule has 76 valence electrons. The van der Waals surface area contributed by atoms with Crippen LogP contribution in [0, 0.1) is 5.92 Å². The molecule has 2 heteroatoms. The third kappa shape index (κ3) is 1.61. The summed E-state index contributed by atoms with van der Waals surface area (Å²) in [7, 11) is 0. The van der Waals surface area contributed by atoms with E-state index < -0.39 is 5.60 Å². The highest BCUT2D eigenvalue weighted by atomic mass is 79.9.